The Morgan fingerprint density at radius 1 is 1.02 bits per heavy atom. The lowest BCUT2D eigenvalue weighted by Crippen LogP contribution is -2.64. The first-order chi connectivity index (χ1) is 20.9. The van der Waals surface area contributed by atoms with Crippen LogP contribution >= 0.6 is 23.2 Å². The van der Waals surface area contributed by atoms with E-state index >= 15 is 4.79 Å². The van der Waals surface area contributed by atoms with Crippen molar-refractivity contribution in [2.45, 2.75) is 62.9 Å². The largest absolute Gasteiger partial charge is 0.327 e. The van der Waals surface area contributed by atoms with E-state index in [0.717, 1.165) is 30.2 Å². The monoisotopic (exact) mass is 649 g/mol. The number of amides is 1. The number of nitriles is 1. The maximum absolute atomic E-state index is 15.0. The summed E-state index contributed by atoms with van der Waals surface area (Å²) in [5.74, 6) is -0.173. The van der Waals surface area contributed by atoms with Crippen molar-refractivity contribution in [2.24, 2.45) is 5.41 Å². The van der Waals surface area contributed by atoms with Gasteiger partial charge in [0.05, 0.1) is 41.0 Å². The molecule has 0 radical (unpaired) electrons. The number of allylic oxidation sites excluding steroid dienone is 1. The van der Waals surface area contributed by atoms with E-state index in [2.05, 4.69) is 18.7 Å². The Labute approximate surface area is 270 Å². The number of para-hydroxylation sites is 1. The third kappa shape index (κ3) is 6.13. The summed E-state index contributed by atoms with van der Waals surface area (Å²) in [5, 5.41) is 11.1. The predicted octanol–water partition coefficient (Wildman–Crippen LogP) is 8.28. The van der Waals surface area contributed by atoms with Gasteiger partial charge >= 0.3 is 0 Å². The van der Waals surface area contributed by atoms with E-state index in [1.807, 2.05) is 54.3 Å². The highest BCUT2D eigenvalue weighted by Crippen LogP contribution is 2.56. The predicted molar refractivity (Wildman–Crippen MR) is 177 cm³/mol. The second-order valence-corrected chi connectivity index (χ2v) is 15.2. The molecule has 0 aromatic heterocycles. The molecule has 2 fully saturated rings. The van der Waals surface area contributed by atoms with Crippen LogP contribution in [-0.2, 0) is 14.8 Å². The van der Waals surface area contributed by atoms with Crippen molar-refractivity contribution in [1.82, 2.24) is 4.90 Å². The Bertz CT molecular complexity index is 1700. The number of carbonyl (C=O) groups excluding carboxylic acids is 1. The third-order valence-corrected chi connectivity index (χ3v) is 10.9. The summed E-state index contributed by atoms with van der Waals surface area (Å²) in [4.78, 5) is 17.0. The number of piperidine rings is 1. The zero-order chi connectivity index (χ0) is 31.7. The van der Waals surface area contributed by atoms with E-state index < -0.39 is 27.0 Å². The van der Waals surface area contributed by atoms with Gasteiger partial charge in [0.1, 0.15) is 6.07 Å². The number of hydrogen-bond donors (Lipinski definition) is 0. The van der Waals surface area contributed by atoms with Gasteiger partial charge in [-0.25, -0.2) is 8.42 Å². The average Bonchev–Trinajstić information content (AvgIpc) is 3.46. The molecule has 5 rings (SSSR count). The Balaban J connectivity index is 1.76. The summed E-state index contributed by atoms with van der Waals surface area (Å²) in [6.07, 6.45) is 6.91. The van der Waals surface area contributed by atoms with Gasteiger partial charge in [0.2, 0.25) is 15.9 Å². The van der Waals surface area contributed by atoms with Crippen molar-refractivity contribution in [3.63, 3.8) is 0 Å². The maximum Gasteiger partial charge on any atom is 0.232 e. The molecule has 1 saturated carbocycles. The molecule has 6 nitrogen and oxygen atoms in total. The molecule has 3 aromatic carbocycles. The first-order valence-electron chi connectivity index (χ1n) is 14.8. The van der Waals surface area contributed by atoms with Crippen molar-refractivity contribution in [3.05, 3.63) is 112 Å². The smallest absolute Gasteiger partial charge is 0.232 e. The van der Waals surface area contributed by atoms with Crippen LogP contribution in [0.3, 0.4) is 0 Å². The molecule has 0 N–H and O–H groups in total. The van der Waals surface area contributed by atoms with E-state index in [9.17, 15) is 13.7 Å². The van der Waals surface area contributed by atoms with Crippen LogP contribution in [0.4, 0.5) is 5.69 Å². The summed E-state index contributed by atoms with van der Waals surface area (Å²) >= 11 is 12.9. The van der Waals surface area contributed by atoms with Gasteiger partial charge in [-0.15, -0.1) is 6.58 Å². The summed E-state index contributed by atoms with van der Waals surface area (Å²) in [6, 6.07) is 23.8. The molecule has 230 valence electrons. The fourth-order valence-electron chi connectivity index (χ4n) is 7.30. The van der Waals surface area contributed by atoms with E-state index in [1.165, 1.54) is 4.31 Å². The highest BCUT2D eigenvalue weighted by Gasteiger charge is 2.57. The molecule has 1 unspecified atom stereocenters. The summed E-state index contributed by atoms with van der Waals surface area (Å²) in [5.41, 5.74) is 0.881. The van der Waals surface area contributed by atoms with Crippen LogP contribution in [0, 0.1) is 16.7 Å². The summed E-state index contributed by atoms with van der Waals surface area (Å²) < 4.78 is 28.3. The number of likely N-dealkylation sites (tertiary alicyclic amines) is 1. The minimum Gasteiger partial charge on any atom is -0.327 e. The minimum absolute atomic E-state index is 0.0282. The van der Waals surface area contributed by atoms with Crippen molar-refractivity contribution in [1.29, 1.82) is 5.26 Å². The van der Waals surface area contributed by atoms with Crippen LogP contribution in [0.25, 0.3) is 0 Å². The number of nitrogens with zero attached hydrogens (tertiary/aromatic N) is 3. The molecule has 9 heteroatoms. The molecular weight excluding hydrogens is 613 g/mol. The molecule has 1 aliphatic heterocycles. The van der Waals surface area contributed by atoms with Crippen LogP contribution in [0.5, 0.6) is 0 Å². The highest BCUT2D eigenvalue weighted by molar-refractivity contribution is 7.92. The molecule has 1 heterocycles. The molecule has 3 atom stereocenters. The molecule has 0 spiro atoms. The van der Waals surface area contributed by atoms with Crippen LogP contribution in [-0.4, -0.2) is 37.6 Å². The van der Waals surface area contributed by atoms with E-state index in [-0.39, 0.29) is 23.9 Å². The van der Waals surface area contributed by atoms with Gasteiger partial charge in [-0.05, 0) is 73.2 Å². The molecule has 1 amide bonds. The molecular formula is C35H37Cl2N3O3S. The fourth-order valence-corrected chi connectivity index (χ4v) is 8.62. The lowest BCUT2D eigenvalue weighted by Gasteiger charge is -2.57. The van der Waals surface area contributed by atoms with Crippen molar-refractivity contribution >= 4 is 44.8 Å². The fraction of sp³-hybridized carbons (Fsp3) is 0.371. The van der Waals surface area contributed by atoms with Crippen LogP contribution in [0.2, 0.25) is 10.0 Å². The molecule has 1 aliphatic carbocycles. The average molecular weight is 651 g/mol. The summed E-state index contributed by atoms with van der Waals surface area (Å²) in [7, 11) is -3.84. The van der Waals surface area contributed by atoms with Gasteiger partial charge < -0.3 is 4.90 Å². The van der Waals surface area contributed by atoms with Gasteiger partial charge in [-0.3, -0.25) is 9.10 Å². The number of carbonyl (C=O) groups is 1. The van der Waals surface area contributed by atoms with Crippen LogP contribution < -0.4 is 4.31 Å². The molecule has 0 bridgehead atoms. The highest BCUT2D eigenvalue weighted by atomic mass is 35.5. The second kappa shape index (κ2) is 12.6. The van der Waals surface area contributed by atoms with Gasteiger partial charge in [-0.2, -0.15) is 5.26 Å². The van der Waals surface area contributed by atoms with Gasteiger partial charge in [0, 0.05) is 16.0 Å². The zero-order valence-electron chi connectivity index (χ0n) is 25.0. The quantitative estimate of drug-likeness (QED) is 0.218. The van der Waals surface area contributed by atoms with Crippen molar-refractivity contribution in [3.8, 4) is 6.07 Å². The minimum atomic E-state index is -3.84. The lowest BCUT2D eigenvalue weighted by molar-refractivity contribution is -0.160. The Kier molecular flexibility index (Phi) is 9.18. The maximum atomic E-state index is 15.0. The topological polar surface area (TPSA) is 81.5 Å². The number of anilines is 1. The Morgan fingerprint density at radius 3 is 2.32 bits per heavy atom. The molecule has 3 aromatic rings. The number of sulfonamides is 1. The number of rotatable bonds is 9. The van der Waals surface area contributed by atoms with Gasteiger partial charge in [0.25, 0.3) is 0 Å². The summed E-state index contributed by atoms with van der Waals surface area (Å²) in [6.45, 7) is 6.01. The number of benzene rings is 3. The molecule has 44 heavy (non-hydrogen) atoms. The first kappa shape index (κ1) is 32.1. The standard InChI is InChI=1S/C35H37Cl2N3O3S/c1-4-18-34(2)22-30(26-11-9-12-29(37)21-26)32(25-14-16-28(36)17-15-25)40(33(34)41)35(19-7-8-20-35)24-39(44(3,42)43)31-13-6-5-10-27(31)23-38/h4-6,9-17,21,30,32H,1,7-8,18-20,22,24H2,2-3H3/t30-,32?,34+/m1/s1. The molecule has 1 saturated heterocycles. The zero-order valence-corrected chi connectivity index (χ0v) is 27.4. The first-order valence-corrected chi connectivity index (χ1v) is 17.5. The number of halogens is 2. The van der Waals surface area contributed by atoms with E-state index in [0.29, 0.717) is 41.4 Å². The Morgan fingerprint density at radius 2 is 1.70 bits per heavy atom. The third-order valence-electron chi connectivity index (χ3n) is 9.32. The van der Waals surface area contributed by atoms with Crippen molar-refractivity contribution < 1.29 is 13.2 Å². The lowest BCUT2D eigenvalue weighted by atomic mass is 9.66. The normalized spacial score (nSPS) is 23.2. The van der Waals surface area contributed by atoms with Gasteiger partial charge in [0.15, 0.2) is 0 Å². The van der Waals surface area contributed by atoms with Crippen molar-refractivity contribution in [2.75, 3.05) is 17.1 Å². The van der Waals surface area contributed by atoms with Crippen LogP contribution in [0.1, 0.15) is 74.1 Å². The Hall–Kier alpha value is -3.31. The second-order valence-electron chi connectivity index (χ2n) is 12.4. The van der Waals surface area contributed by atoms with E-state index in [4.69, 9.17) is 23.2 Å². The number of hydrogen-bond acceptors (Lipinski definition) is 4. The molecule has 2 aliphatic rings. The SMILES string of the molecule is C=CC[C@@]1(C)C[C@H](c2cccc(Cl)c2)C(c2ccc(Cl)cc2)N(C2(CN(c3ccccc3C#N)S(C)(=O)=O)CCCC2)C1=O. The van der Waals surface area contributed by atoms with Gasteiger partial charge in [-0.1, -0.05) is 85.4 Å². The van der Waals surface area contributed by atoms with E-state index in [1.54, 1.807) is 30.3 Å². The van der Waals surface area contributed by atoms with Crippen LogP contribution in [0.15, 0.2) is 85.5 Å².